The molecule has 3 rings (SSSR count). The maximum atomic E-state index is 12.9. The lowest BCUT2D eigenvalue weighted by Crippen LogP contribution is -2.43. The molecular weight excluding hydrogens is 402 g/mol. The summed E-state index contributed by atoms with van der Waals surface area (Å²) in [5, 5.41) is 6.00. The van der Waals surface area contributed by atoms with E-state index >= 15 is 0 Å². The van der Waals surface area contributed by atoms with Crippen molar-refractivity contribution in [1.82, 2.24) is 15.5 Å². The highest BCUT2D eigenvalue weighted by Gasteiger charge is 2.49. The van der Waals surface area contributed by atoms with Crippen LogP contribution in [0.5, 0.6) is 0 Å². The minimum Gasteiger partial charge on any atom is -0.354 e. The van der Waals surface area contributed by atoms with Gasteiger partial charge in [-0.3, -0.25) is 14.5 Å². The number of hydrogen-bond donors (Lipinski definition) is 2. The second kappa shape index (κ2) is 8.88. The van der Waals surface area contributed by atoms with E-state index in [1.165, 1.54) is 5.56 Å². The van der Waals surface area contributed by atoms with E-state index in [2.05, 4.69) is 48.7 Å². The van der Waals surface area contributed by atoms with Crippen LogP contribution in [0.25, 0.3) is 0 Å². The van der Waals surface area contributed by atoms with E-state index in [4.69, 9.17) is 11.6 Å². The average molecular weight is 428 g/mol. The quantitative estimate of drug-likeness (QED) is 0.663. The summed E-state index contributed by atoms with van der Waals surface area (Å²) in [6.07, 6.45) is 0.673. The first kappa shape index (κ1) is 21.8. The van der Waals surface area contributed by atoms with Crippen LogP contribution in [0, 0.1) is 0 Å². The van der Waals surface area contributed by atoms with Gasteiger partial charge in [0.1, 0.15) is 12.1 Å². The summed E-state index contributed by atoms with van der Waals surface area (Å²) in [5.74, 6) is -0.367. The van der Waals surface area contributed by atoms with Gasteiger partial charge in [0, 0.05) is 11.6 Å². The number of benzene rings is 2. The molecule has 1 fully saturated rings. The number of carbonyl (C=O) groups is 3. The third-order valence-electron chi connectivity index (χ3n) is 5.38. The Balaban J connectivity index is 1.55. The number of imide groups is 1. The standard InChI is InChI=1S/C23H26ClN3O3/c1-15(2)17-6-4-16(5-7-17)12-13-25-20(28)14-27-21(29)23(3,26-22(27)30)18-8-10-19(24)11-9-18/h4-11,15H,12-14H2,1-3H3,(H,25,28)(H,26,30). The van der Waals surface area contributed by atoms with Crippen molar-refractivity contribution >= 4 is 29.4 Å². The minimum atomic E-state index is -1.22. The van der Waals surface area contributed by atoms with Crippen molar-refractivity contribution in [3.8, 4) is 0 Å². The Hall–Kier alpha value is -2.86. The van der Waals surface area contributed by atoms with E-state index in [-0.39, 0.29) is 12.5 Å². The van der Waals surface area contributed by atoms with Gasteiger partial charge in [0.15, 0.2) is 0 Å². The van der Waals surface area contributed by atoms with Crippen LogP contribution in [0.3, 0.4) is 0 Å². The zero-order valence-electron chi connectivity index (χ0n) is 17.4. The predicted octanol–water partition coefficient (Wildman–Crippen LogP) is 3.59. The molecule has 0 aromatic heterocycles. The molecule has 7 heteroatoms. The summed E-state index contributed by atoms with van der Waals surface area (Å²) < 4.78 is 0. The molecule has 2 N–H and O–H groups in total. The largest absolute Gasteiger partial charge is 0.354 e. The van der Waals surface area contributed by atoms with E-state index in [9.17, 15) is 14.4 Å². The molecule has 1 aliphatic rings. The van der Waals surface area contributed by atoms with Crippen LogP contribution < -0.4 is 10.6 Å². The van der Waals surface area contributed by atoms with Crippen molar-refractivity contribution in [2.75, 3.05) is 13.1 Å². The van der Waals surface area contributed by atoms with Gasteiger partial charge < -0.3 is 10.6 Å². The smallest absolute Gasteiger partial charge is 0.325 e. The Labute approximate surface area is 181 Å². The van der Waals surface area contributed by atoms with Crippen molar-refractivity contribution in [1.29, 1.82) is 0 Å². The zero-order valence-corrected chi connectivity index (χ0v) is 18.1. The fourth-order valence-corrected chi connectivity index (χ4v) is 3.56. The van der Waals surface area contributed by atoms with E-state index in [0.717, 1.165) is 10.5 Å². The number of carbonyl (C=O) groups excluding carboxylic acids is 3. The molecule has 2 aromatic rings. The molecule has 0 saturated carbocycles. The first-order valence-electron chi connectivity index (χ1n) is 9.96. The molecule has 0 aliphatic carbocycles. The number of halogens is 1. The summed E-state index contributed by atoms with van der Waals surface area (Å²) >= 11 is 5.90. The van der Waals surface area contributed by atoms with Crippen LogP contribution in [0.15, 0.2) is 48.5 Å². The highest BCUT2D eigenvalue weighted by Crippen LogP contribution is 2.29. The molecule has 30 heavy (non-hydrogen) atoms. The van der Waals surface area contributed by atoms with E-state index in [1.54, 1.807) is 31.2 Å². The Kier molecular flexibility index (Phi) is 6.46. The van der Waals surface area contributed by atoms with Crippen molar-refractivity contribution in [3.63, 3.8) is 0 Å². The molecular formula is C23H26ClN3O3. The van der Waals surface area contributed by atoms with E-state index < -0.39 is 17.5 Å². The zero-order chi connectivity index (χ0) is 21.9. The number of rotatable bonds is 7. The Bertz CT molecular complexity index is 941. The molecule has 1 saturated heterocycles. The van der Waals surface area contributed by atoms with Gasteiger partial charge in [0.25, 0.3) is 5.91 Å². The van der Waals surface area contributed by atoms with Crippen LogP contribution in [-0.4, -0.2) is 35.8 Å². The maximum Gasteiger partial charge on any atom is 0.325 e. The molecule has 6 nitrogen and oxygen atoms in total. The van der Waals surface area contributed by atoms with Gasteiger partial charge in [-0.25, -0.2) is 4.79 Å². The van der Waals surface area contributed by atoms with E-state index in [1.807, 2.05) is 0 Å². The van der Waals surface area contributed by atoms with Gasteiger partial charge in [-0.05, 0) is 48.1 Å². The van der Waals surface area contributed by atoms with Crippen LogP contribution in [-0.2, 0) is 21.5 Å². The Morgan fingerprint density at radius 2 is 1.73 bits per heavy atom. The minimum absolute atomic E-state index is 0.319. The van der Waals surface area contributed by atoms with Gasteiger partial charge in [0.2, 0.25) is 5.91 Å². The molecule has 4 amide bonds. The number of urea groups is 1. The topological polar surface area (TPSA) is 78.5 Å². The SMILES string of the molecule is CC(C)c1ccc(CCNC(=O)CN2C(=O)NC(C)(c3ccc(Cl)cc3)C2=O)cc1. The summed E-state index contributed by atoms with van der Waals surface area (Å²) in [5.41, 5.74) is 1.77. The molecule has 1 unspecified atom stereocenters. The lowest BCUT2D eigenvalue weighted by atomic mass is 9.92. The first-order valence-corrected chi connectivity index (χ1v) is 10.3. The van der Waals surface area contributed by atoms with Crippen molar-refractivity contribution in [2.24, 2.45) is 0 Å². The van der Waals surface area contributed by atoms with Crippen LogP contribution in [0.2, 0.25) is 5.02 Å². The molecule has 0 bridgehead atoms. The molecule has 0 radical (unpaired) electrons. The van der Waals surface area contributed by atoms with Crippen LogP contribution >= 0.6 is 11.6 Å². The number of hydrogen-bond acceptors (Lipinski definition) is 3. The third kappa shape index (κ3) is 4.65. The van der Waals surface area contributed by atoms with Gasteiger partial charge in [-0.2, -0.15) is 0 Å². The summed E-state index contributed by atoms with van der Waals surface area (Å²) in [6, 6.07) is 14.4. The molecule has 2 aromatic carbocycles. The fraction of sp³-hybridized carbons (Fsp3) is 0.348. The molecule has 1 heterocycles. The lowest BCUT2D eigenvalue weighted by molar-refractivity contribution is -0.134. The fourth-order valence-electron chi connectivity index (χ4n) is 3.43. The van der Waals surface area contributed by atoms with Gasteiger partial charge in [0.05, 0.1) is 0 Å². The highest BCUT2D eigenvalue weighted by atomic mass is 35.5. The van der Waals surface area contributed by atoms with Gasteiger partial charge >= 0.3 is 6.03 Å². The summed E-state index contributed by atoms with van der Waals surface area (Å²) in [6.45, 7) is 6.01. The lowest BCUT2D eigenvalue weighted by Gasteiger charge is -2.22. The molecule has 1 atom stereocenters. The molecule has 1 aliphatic heterocycles. The second-order valence-electron chi connectivity index (χ2n) is 7.95. The molecule has 0 spiro atoms. The van der Waals surface area contributed by atoms with Crippen molar-refractivity contribution < 1.29 is 14.4 Å². The van der Waals surface area contributed by atoms with E-state index in [0.29, 0.717) is 29.5 Å². The number of nitrogens with one attached hydrogen (secondary N) is 2. The van der Waals surface area contributed by atoms with Gasteiger partial charge in [-0.15, -0.1) is 0 Å². The van der Waals surface area contributed by atoms with Gasteiger partial charge in [-0.1, -0.05) is 61.8 Å². The first-order chi connectivity index (χ1) is 14.2. The van der Waals surface area contributed by atoms with Crippen LogP contribution in [0.1, 0.15) is 43.4 Å². The highest BCUT2D eigenvalue weighted by molar-refractivity contribution is 6.30. The monoisotopic (exact) mass is 427 g/mol. The average Bonchev–Trinajstić information content (AvgIpc) is 2.93. The number of amides is 4. The molecule has 158 valence electrons. The van der Waals surface area contributed by atoms with Crippen molar-refractivity contribution in [2.45, 2.75) is 38.6 Å². The number of nitrogens with zero attached hydrogens (tertiary/aromatic N) is 1. The Morgan fingerprint density at radius 1 is 1.10 bits per heavy atom. The summed E-state index contributed by atoms with van der Waals surface area (Å²) in [7, 11) is 0. The van der Waals surface area contributed by atoms with Crippen LogP contribution in [0.4, 0.5) is 4.79 Å². The maximum absolute atomic E-state index is 12.9. The summed E-state index contributed by atoms with van der Waals surface area (Å²) in [4.78, 5) is 38.5. The normalized spacial score (nSPS) is 18.6. The second-order valence-corrected chi connectivity index (χ2v) is 8.39. The predicted molar refractivity (Wildman–Crippen MR) is 116 cm³/mol. The van der Waals surface area contributed by atoms with Crippen molar-refractivity contribution in [3.05, 3.63) is 70.2 Å². The Morgan fingerprint density at radius 3 is 2.33 bits per heavy atom. The third-order valence-corrected chi connectivity index (χ3v) is 5.63.